The summed E-state index contributed by atoms with van der Waals surface area (Å²) in [5.41, 5.74) is 2.16. The summed E-state index contributed by atoms with van der Waals surface area (Å²) < 4.78 is 0. The molecule has 0 aromatic heterocycles. The second-order valence-corrected chi connectivity index (χ2v) is 4.83. The summed E-state index contributed by atoms with van der Waals surface area (Å²) >= 11 is 5.92. The Labute approximate surface area is 128 Å². The molecule has 0 heterocycles. The zero-order valence-corrected chi connectivity index (χ0v) is 12.0. The first kappa shape index (κ1) is 14.9. The Bertz CT molecular complexity index is 665. The molecule has 2 N–H and O–H groups in total. The number of anilines is 1. The molecule has 0 spiro atoms. The highest BCUT2D eigenvalue weighted by Crippen LogP contribution is 2.19. The molecule has 106 valence electrons. The normalized spacial score (nSPS) is 9.71. The van der Waals surface area contributed by atoms with E-state index in [0.717, 1.165) is 5.56 Å². The second kappa shape index (κ2) is 7.32. The molecule has 5 heteroatoms. The summed E-state index contributed by atoms with van der Waals surface area (Å²) in [6, 6.07) is 16.6. The molecule has 0 bridgehead atoms. The molecule has 0 fully saturated rings. The van der Waals surface area contributed by atoms with Gasteiger partial charge in [0.1, 0.15) is 6.07 Å². The summed E-state index contributed by atoms with van der Waals surface area (Å²) in [5, 5.41) is 14.9. The van der Waals surface area contributed by atoms with Crippen LogP contribution in [0.25, 0.3) is 0 Å². The van der Waals surface area contributed by atoms with Gasteiger partial charge >= 0.3 is 0 Å². The lowest BCUT2D eigenvalue weighted by Crippen LogP contribution is -2.29. The molecule has 0 unspecified atom stereocenters. The summed E-state index contributed by atoms with van der Waals surface area (Å²) in [7, 11) is 0. The summed E-state index contributed by atoms with van der Waals surface area (Å²) in [5.74, 6) is -0.112. The van der Waals surface area contributed by atoms with Crippen LogP contribution in [0.5, 0.6) is 0 Å². The van der Waals surface area contributed by atoms with Crippen molar-refractivity contribution < 1.29 is 4.79 Å². The molecule has 0 aliphatic carbocycles. The van der Waals surface area contributed by atoms with E-state index >= 15 is 0 Å². The number of nitrogens with one attached hydrogen (secondary N) is 2. The minimum atomic E-state index is -0.112. The number of hydrogen-bond acceptors (Lipinski definition) is 3. The lowest BCUT2D eigenvalue weighted by molar-refractivity contribution is -0.119. The predicted molar refractivity (Wildman–Crippen MR) is 82.9 cm³/mol. The molecular formula is C16H14ClN3O. The Kier molecular flexibility index (Phi) is 5.19. The van der Waals surface area contributed by atoms with Gasteiger partial charge in [-0.15, -0.1) is 0 Å². The van der Waals surface area contributed by atoms with E-state index in [-0.39, 0.29) is 12.5 Å². The number of nitrogens with zero attached hydrogens (tertiary/aromatic N) is 1. The van der Waals surface area contributed by atoms with Crippen molar-refractivity contribution in [2.75, 3.05) is 11.9 Å². The van der Waals surface area contributed by atoms with E-state index in [0.29, 0.717) is 22.8 Å². The van der Waals surface area contributed by atoms with E-state index < -0.39 is 0 Å². The van der Waals surface area contributed by atoms with E-state index in [2.05, 4.69) is 10.6 Å². The molecule has 0 aliphatic rings. The van der Waals surface area contributed by atoms with E-state index in [9.17, 15) is 4.79 Å². The fourth-order valence-electron chi connectivity index (χ4n) is 1.76. The van der Waals surface area contributed by atoms with E-state index in [4.69, 9.17) is 16.9 Å². The molecule has 0 atom stereocenters. The zero-order valence-electron chi connectivity index (χ0n) is 11.3. The minimum absolute atomic E-state index is 0.112. The number of benzene rings is 2. The quantitative estimate of drug-likeness (QED) is 0.892. The van der Waals surface area contributed by atoms with Gasteiger partial charge in [-0.1, -0.05) is 41.9 Å². The van der Waals surface area contributed by atoms with Gasteiger partial charge < -0.3 is 10.6 Å². The number of halogens is 1. The molecule has 2 rings (SSSR count). The van der Waals surface area contributed by atoms with Gasteiger partial charge in [0.15, 0.2) is 0 Å². The second-order valence-electron chi connectivity index (χ2n) is 4.42. The molecule has 1 amide bonds. The Balaban J connectivity index is 1.81. The third kappa shape index (κ3) is 4.51. The van der Waals surface area contributed by atoms with Crippen LogP contribution in [0, 0.1) is 11.3 Å². The van der Waals surface area contributed by atoms with Gasteiger partial charge in [-0.25, -0.2) is 0 Å². The van der Waals surface area contributed by atoms with Gasteiger partial charge in [-0.05, 0) is 23.8 Å². The van der Waals surface area contributed by atoms with Crippen molar-refractivity contribution in [1.29, 1.82) is 5.26 Å². The van der Waals surface area contributed by atoms with Gasteiger partial charge in [-0.2, -0.15) is 5.26 Å². The van der Waals surface area contributed by atoms with Crippen molar-refractivity contribution in [2.45, 2.75) is 6.54 Å². The van der Waals surface area contributed by atoms with Crippen LogP contribution in [0.2, 0.25) is 5.02 Å². The Morgan fingerprint density at radius 2 is 1.95 bits per heavy atom. The third-order valence-electron chi connectivity index (χ3n) is 2.88. The Morgan fingerprint density at radius 3 is 2.62 bits per heavy atom. The Morgan fingerprint density at radius 1 is 1.19 bits per heavy atom. The zero-order chi connectivity index (χ0) is 15.1. The lowest BCUT2D eigenvalue weighted by Gasteiger charge is -2.08. The van der Waals surface area contributed by atoms with Crippen LogP contribution in [-0.4, -0.2) is 12.5 Å². The van der Waals surface area contributed by atoms with Crippen LogP contribution in [0.3, 0.4) is 0 Å². The molecular weight excluding hydrogens is 286 g/mol. The van der Waals surface area contributed by atoms with Crippen LogP contribution in [0.4, 0.5) is 5.69 Å². The minimum Gasteiger partial charge on any atom is -0.376 e. The molecule has 0 saturated carbocycles. The number of nitriles is 1. The molecule has 2 aromatic rings. The molecule has 0 saturated heterocycles. The van der Waals surface area contributed by atoms with Gasteiger partial charge in [0.25, 0.3) is 0 Å². The molecule has 2 aromatic carbocycles. The van der Waals surface area contributed by atoms with Crippen molar-refractivity contribution in [3.8, 4) is 6.07 Å². The fraction of sp³-hybridized carbons (Fsp3) is 0.125. The highest BCUT2D eigenvalue weighted by Gasteiger charge is 2.04. The van der Waals surface area contributed by atoms with Crippen LogP contribution in [0.1, 0.15) is 11.1 Å². The maximum atomic E-state index is 11.7. The first-order valence-electron chi connectivity index (χ1n) is 6.43. The SMILES string of the molecule is N#Cc1ccc(NCC(=O)NCc2ccccc2)cc1Cl. The highest BCUT2D eigenvalue weighted by molar-refractivity contribution is 6.32. The smallest absolute Gasteiger partial charge is 0.239 e. The summed E-state index contributed by atoms with van der Waals surface area (Å²) in [6.45, 7) is 0.643. The van der Waals surface area contributed by atoms with Crippen molar-refractivity contribution in [3.63, 3.8) is 0 Å². The highest BCUT2D eigenvalue weighted by atomic mass is 35.5. The number of amides is 1. The van der Waals surface area contributed by atoms with E-state index in [1.165, 1.54) is 0 Å². The Hall–Kier alpha value is -2.51. The average Bonchev–Trinajstić information content (AvgIpc) is 2.52. The summed E-state index contributed by atoms with van der Waals surface area (Å²) in [4.78, 5) is 11.7. The lowest BCUT2D eigenvalue weighted by atomic mass is 10.2. The van der Waals surface area contributed by atoms with E-state index in [1.54, 1.807) is 18.2 Å². The van der Waals surface area contributed by atoms with Gasteiger partial charge in [0.05, 0.1) is 17.1 Å². The van der Waals surface area contributed by atoms with Crippen LogP contribution >= 0.6 is 11.6 Å². The van der Waals surface area contributed by atoms with Crippen LogP contribution in [-0.2, 0) is 11.3 Å². The number of hydrogen-bond donors (Lipinski definition) is 2. The standard InChI is InChI=1S/C16H14ClN3O/c17-15-8-14(7-6-13(15)9-18)19-11-16(21)20-10-12-4-2-1-3-5-12/h1-8,19H,10-11H2,(H,20,21). The summed E-state index contributed by atoms with van der Waals surface area (Å²) in [6.07, 6.45) is 0. The van der Waals surface area contributed by atoms with Crippen molar-refractivity contribution in [1.82, 2.24) is 5.32 Å². The van der Waals surface area contributed by atoms with E-state index in [1.807, 2.05) is 36.4 Å². The number of rotatable bonds is 5. The first-order chi connectivity index (χ1) is 10.2. The maximum absolute atomic E-state index is 11.7. The number of carbonyl (C=O) groups excluding carboxylic acids is 1. The van der Waals surface area contributed by atoms with Gasteiger partial charge in [0, 0.05) is 12.2 Å². The average molecular weight is 300 g/mol. The monoisotopic (exact) mass is 299 g/mol. The van der Waals surface area contributed by atoms with Crippen LogP contribution in [0.15, 0.2) is 48.5 Å². The molecule has 0 aliphatic heterocycles. The van der Waals surface area contributed by atoms with Crippen molar-refractivity contribution >= 4 is 23.2 Å². The maximum Gasteiger partial charge on any atom is 0.239 e. The third-order valence-corrected chi connectivity index (χ3v) is 3.19. The van der Waals surface area contributed by atoms with Crippen LogP contribution < -0.4 is 10.6 Å². The first-order valence-corrected chi connectivity index (χ1v) is 6.81. The van der Waals surface area contributed by atoms with Gasteiger partial charge in [-0.3, -0.25) is 4.79 Å². The molecule has 21 heavy (non-hydrogen) atoms. The van der Waals surface area contributed by atoms with Gasteiger partial charge in [0.2, 0.25) is 5.91 Å². The largest absolute Gasteiger partial charge is 0.376 e. The topological polar surface area (TPSA) is 64.9 Å². The van der Waals surface area contributed by atoms with Crippen molar-refractivity contribution in [3.05, 3.63) is 64.7 Å². The predicted octanol–water partition coefficient (Wildman–Crippen LogP) is 2.94. The fourth-order valence-corrected chi connectivity index (χ4v) is 1.98. The number of carbonyl (C=O) groups is 1. The van der Waals surface area contributed by atoms with Crippen molar-refractivity contribution in [2.24, 2.45) is 0 Å². The molecule has 0 radical (unpaired) electrons. The molecule has 4 nitrogen and oxygen atoms in total.